The molecule has 9 heteroatoms. The zero-order valence-corrected chi connectivity index (χ0v) is 18.7. The highest BCUT2D eigenvalue weighted by atomic mass is 19.4. The van der Waals surface area contributed by atoms with Crippen molar-refractivity contribution in [2.45, 2.75) is 71.3 Å². The van der Waals surface area contributed by atoms with Crippen molar-refractivity contribution in [3.8, 4) is 0 Å². The molecule has 1 aromatic rings. The van der Waals surface area contributed by atoms with E-state index in [0.717, 1.165) is 6.07 Å². The zero-order chi connectivity index (χ0) is 23.4. The van der Waals surface area contributed by atoms with Gasteiger partial charge in [-0.15, -0.1) is 0 Å². The first kappa shape index (κ1) is 25.0. The van der Waals surface area contributed by atoms with E-state index in [2.05, 4.69) is 5.32 Å². The van der Waals surface area contributed by atoms with Gasteiger partial charge in [0.2, 0.25) is 0 Å². The number of ether oxygens (including phenoxy) is 2. The number of halogens is 3. The van der Waals surface area contributed by atoms with Gasteiger partial charge < -0.3 is 14.8 Å². The predicted molar refractivity (Wildman–Crippen MR) is 110 cm³/mol. The van der Waals surface area contributed by atoms with Crippen LogP contribution in [-0.2, 0) is 22.2 Å². The molecule has 0 bridgehead atoms. The van der Waals surface area contributed by atoms with Crippen molar-refractivity contribution < 1.29 is 32.2 Å². The number of esters is 1. The van der Waals surface area contributed by atoms with Crippen LogP contribution in [0.25, 0.3) is 0 Å². The molecule has 0 radical (unpaired) electrons. The Labute approximate surface area is 181 Å². The van der Waals surface area contributed by atoms with E-state index in [1.165, 1.54) is 12.1 Å². The molecule has 1 atom stereocenters. The van der Waals surface area contributed by atoms with Crippen LogP contribution in [0.4, 0.5) is 18.0 Å². The molecule has 1 saturated heterocycles. The molecule has 1 aliphatic heterocycles. The Morgan fingerprint density at radius 3 is 2.48 bits per heavy atom. The number of carbonyl (C=O) groups is 2. The molecule has 174 valence electrons. The molecule has 0 saturated carbocycles. The van der Waals surface area contributed by atoms with Gasteiger partial charge in [0, 0.05) is 13.1 Å². The molecule has 2 rings (SSSR count). The van der Waals surface area contributed by atoms with E-state index in [-0.39, 0.29) is 24.3 Å². The van der Waals surface area contributed by atoms with Crippen LogP contribution in [0.2, 0.25) is 0 Å². The number of nitrogens with one attached hydrogen (secondary N) is 1. The zero-order valence-electron chi connectivity index (χ0n) is 18.7. The number of hydrogen-bond acceptors (Lipinski definition) is 5. The molecule has 1 heterocycles. The normalized spacial score (nSPS) is 20.3. The van der Waals surface area contributed by atoms with Gasteiger partial charge in [-0.25, -0.2) is 9.59 Å². The number of likely N-dealkylation sites (tertiary alicyclic amines) is 1. The van der Waals surface area contributed by atoms with Crippen LogP contribution in [0.1, 0.15) is 68.9 Å². The predicted octanol–water partition coefficient (Wildman–Crippen LogP) is 4.76. The van der Waals surface area contributed by atoms with Crippen LogP contribution in [0.5, 0.6) is 0 Å². The summed E-state index contributed by atoms with van der Waals surface area (Å²) in [6.07, 6.45) is -3.75. The van der Waals surface area contributed by atoms with Gasteiger partial charge >= 0.3 is 18.2 Å². The summed E-state index contributed by atoms with van der Waals surface area (Å²) in [6, 6.07) is 3.52. The molecule has 1 aliphatic rings. The van der Waals surface area contributed by atoms with E-state index in [1.54, 1.807) is 27.7 Å². The summed E-state index contributed by atoms with van der Waals surface area (Å²) in [5, 5.41) is 2.86. The average Bonchev–Trinajstić information content (AvgIpc) is 2.59. The molecule has 6 nitrogen and oxygen atoms in total. The standard InChI is InChI=1S/C22H31F3N2O4/c1-6-30-18(28)15-8-9-16(17(12-15)22(23,24)25)13-27-11-7-10-21(5,14-27)26-19(29)31-20(2,3)4/h8-9,12H,6-7,10-11,13-14H2,1-5H3,(H,26,29)/t21-/m1/s1. The molecule has 0 spiro atoms. The van der Waals surface area contributed by atoms with Crippen LogP contribution >= 0.6 is 0 Å². The monoisotopic (exact) mass is 444 g/mol. The second-order valence-corrected chi connectivity index (χ2v) is 9.09. The summed E-state index contributed by atoms with van der Waals surface area (Å²) in [5.74, 6) is -0.786. The van der Waals surface area contributed by atoms with Crippen LogP contribution in [0.15, 0.2) is 18.2 Å². The minimum atomic E-state index is -4.61. The smallest absolute Gasteiger partial charge is 0.416 e. The van der Waals surface area contributed by atoms with Gasteiger partial charge in [0.05, 0.1) is 23.3 Å². The number of hydrogen-bond donors (Lipinski definition) is 1. The SMILES string of the molecule is CCOC(=O)c1ccc(CN2CCC[C@@](C)(NC(=O)OC(C)(C)C)C2)c(C(F)(F)F)c1. The number of piperidine rings is 1. The van der Waals surface area contributed by atoms with Gasteiger partial charge in [-0.2, -0.15) is 13.2 Å². The molecule has 0 unspecified atom stereocenters. The number of amides is 1. The fourth-order valence-corrected chi connectivity index (χ4v) is 3.69. The lowest BCUT2D eigenvalue weighted by Crippen LogP contribution is -2.57. The lowest BCUT2D eigenvalue weighted by molar-refractivity contribution is -0.138. The van der Waals surface area contributed by atoms with E-state index >= 15 is 0 Å². The van der Waals surface area contributed by atoms with Gasteiger partial charge in [-0.05, 0) is 71.7 Å². The van der Waals surface area contributed by atoms with E-state index in [4.69, 9.17) is 9.47 Å². The van der Waals surface area contributed by atoms with Crippen molar-refractivity contribution in [2.24, 2.45) is 0 Å². The van der Waals surface area contributed by atoms with Crippen molar-refractivity contribution in [3.63, 3.8) is 0 Å². The van der Waals surface area contributed by atoms with Crippen LogP contribution in [0, 0.1) is 0 Å². The minimum Gasteiger partial charge on any atom is -0.462 e. The molecule has 31 heavy (non-hydrogen) atoms. The molecule has 0 aromatic heterocycles. The van der Waals surface area contributed by atoms with E-state index in [0.29, 0.717) is 25.9 Å². The first-order valence-corrected chi connectivity index (χ1v) is 10.3. The fraction of sp³-hybridized carbons (Fsp3) is 0.636. The molecule has 1 aromatic carbocycles. The second-order valence-electron chi connectivity index (χ2n) is 9.09. The lowest BCUT2D eigenvalue weighted by atomic mass is 9.90. The number of rotatable bonds is 5. The number of benzene rings is 1. The number of carbonyl (C=O) groups excluding carboxylic acids is 2. The summed E-state index contributed by atoms with van der Waals surface area (Å²) >= 11 is 0. The third kappa shape index (κ3) is 7.41. The Morgan fingerprint density at radius 2 is 1.90 bits per heavy atom. The molecule has 1 amide bonds. The number of nitrogens with zero attached hydrogens (tertiary/aromatic N) is 1. The summed E-state index contributed by atoms with van der Waals surface area (Å²) < 4.78 is 51.1. The minimum absolute atomic E-state index is 0.0452. The molecule has 0 aliphatic carbocycles. The Hall–Kier alpha value is -2.29. The summed E-state index contributed by atoms with van der Waals surface area (Å²) in [7, 11) is 0. The number of alkyl halides is 3. The number of alkyl carbamates (subject to hydrolysis) is 1. The van der Waals surface area contributed by atoms with Crippen molar-refractivity contribution in [2.75, 3.05) is 19.7 Å². The summed E-state index contributed by atoms with van der Waals surface area (Å²) in [5.41, 5.74) is -2.18. The molecule has 1 N–H and O–H groups in total. The third-order valence-electron chi connectivity index (χ3n) is 4.90. The second kappa shape index (κ2) is 9.46. The molecular weight excluding hydrogens is 413 g/mol. The molecular formula is C22H31F3N2O4. The van der Waals surface area contributed by atoms with Crippen LogP contribution < -0.4 is 5.32 Å². The fourth-order valence-electron chi connectivity index (χ4n) is 3.69. The van der Waals surface area contributed by atoms with Crippen molar-refractivity contribution in [1.82, 2.24) is 10.2 Å². The highest BCUT2D eigenvalue weighted by Gasteiger charge is 2.37. The maximum absolute atomic E-state index is 13.7. The Morgan fingerprint density at radius 1 is 1.23 bits per heavy atom. The Bertz CT molecular complexity index is 805. The van der Waals surface area contributed by atoms with E-state index < -0.39 is 34.9 Å². The third-order valence-corrected chi connectivity index (χ3v) is 4.90. The van der Waals surface area contributed by atoms with Gasteiger partial charge in [-0.3, -0.25) is 4.90 Å². The van der Waals surface area contributed by atoms with Gasteiger partial charge in [-0.1, -0.05) is 6.07 Å². The summed E-state index contributed by atoms with van der Waals surface area (Å²) in [4.78, 5) is 25.9. The first-order valence-electron chi connectivity index (χ1n) is 10.3. The lowest BCUT2D eigenvalue weighted by Gasteiger charge is -2.41. The molecule has 1 fully saturated rings. The van der Waals surface area contributed by atoms with E-state index in [1.807, 2.05) is 11.8 Å². The van der Waals surface area contributed by atoms with Crippen LogP contribution in [0.3, 0.4) is 0 Å². The van der Waals surface area contributed by atoms with Crippen molar-refractivity contribution >= 4 is 12.1 Å². The van der Waals surface area contributed by atoms with Crippen molar-refractivity contribution in [1.29, 1.82) is 0 Å². The van der Waals surface area contributed by atoms with Crippen LogP contribution in [-0.4, -0.2) is 47.8 Å². The maximum atomic E-state index is 13.7. The quantitative estimate of drug-likeness (QED) is 0.663. The first-order chi connectivity index (χ1) is 14.2. The van der Waals surface area contributed by atoms with Crippen molar-refractivity contribution in [3.05, 3.63) is 34.9 Å². The van der Waals surface area contributed by atoms with Gasteiger partial charge in [0.25, 0.3) is 0 Å². The highest BCUT2D eigenvalue weighted by Crippen LogP contribution is 2.34. The maximum Gasteiger partial charge on any atom is 0.416 e. The topological polar surface area (TPSA) is 67.9 Å². The Kier molecular flexibility index (Phi) is 7.62. The van der Waals surface area contributed by atoms with Gasteiger partial charge in [0.15, 0.2) is 0 Å². The summed E-state index contributed by atoms with van der Waals surface area (Å²) in [6.45, 7) is 9.85. The van der Waals surface area contributed by atoms with E-state index in [9.17, 15) is 22.8 Å². The average molecular weight is 444 g/mol. The highest BCUT2D eigenvalue weighted by molar-refractivity contribution is 5.89. The van der Waals surface area contributed by atoms with Gasteiger partial charge in [0.1, 0.15) is 5.60 Å². The Balaban J connectivity index is 2.17. The largest absolute Gasteiger partial charge is 0.462 e.